The standard InChI is InChI=1S/C13H16N2O3/c1-9(2)18-8-13(10-6-4-3-5-7-10)11(16)14-12(17)15-13/h3-7,9H,8H2,1-2H3,(H2,14,15,16,17). The van der Waals surface area contributed by atoms with E-state index in [0.717, 1.165) is 0 Å². The molecule has 0 saturated carbocycles. The summed E-state index contributed by atoms with van der Waals surface area (Å²) in [5, 5.41) is 4.93. The first kappa shape index (κ1) is 12.6. The molecule has 0 aromatic heterocycles. The molecule has 0 spiro atoms. The van der Waals surface area contributed by atoms with E-state index in [2.05, 4.69) is 10.6 Å². The molecule has 1 aliphatic rings. The molecule has 1 heterocycles. The van der Waals surface area contributed by atoms with Crippen LogP contribution in [0.3, 0.4) is 0 Å². The minimum atomic E-state index is -1.12. The summed E-state index contributed by atoms with van der Waals surface area (Å²) in [6.07, 6.45) is -0.0177. The van der Waals surface area contributed by atoms with Crippen LogP contribution in [0, 0.1) is 0 Å². The molecule has 0 aliphatic carbocycles. The third-order valence-electron chi connectivity index (χ3n) is 2.84. The number of imide groups is 1. The van der Waals surface area contributed by atoms with Gasteiger partial charge in [-0.15, -0.1) is 0 Å². The molecular formula is C13H16N2O3. The van der Waals surface area contributed by atoms with Crippen LogP contribution >= 0.6 is 0 Å². The van der Waals surface area contributed by atoms with Gasteiger partial charge in [0.25, 0.3) is 5.91 Å². The van der Waals surface area contributed by atoms with Crippen molar-refractivity contribution in [2.75, 3.05) is 6.61 Å². The Bertz CT molecular complexity index is 459. The van der Waals surface area contributed by atoms with Gasteiger partial charge in [-0.3, -0.25) is 10.1 Å². The molecule has 0 radical (unpaired) electrons. The normalized spacial score (nSPS) is 23.1. The lowest BCUT2D eigenvalue weighted by Crippen LogP contribution is -2.48. The van der Waals surface area contributed by atoms with Crippen LogP contribution < -0.4 is 10.6 Å². The molecule has 1 aliphatic heterocycles. The first-order valence-electron chi connectivity index (χ1n) is 5.85. The molecule has 1 fully saturated rings. The predicted molar refractivity (Wildman–Crippen MR) is 65.9 cm³/mol. The molecule has 3 amide bonds. The number of rotatable bonds is 4. The average Bonchev–Trinajstić information content (AvgIpc) is 2.64. The topological polar surface area (TPSA) is 67.4 Å². The van der Waals surface area contributed by atoms with Crippen molar-refractivity contribution in [1.29, 1.82) is 0 Å². The Labute approximate surface area is 106 Å². The highest BCUT2D eigenvalue weighted by molar-refractivity contribution is 6.07. The van der Waals surface area contributed by atoms with Crippen molar-refractivity contribution < 1.29 is 14.3 Å². The lowest BCUT2D eigenvalue weighted by molar-refractivity contribution is -0.127. The van der Waals surface area contributed by atoms with Crippen molar-refractivity contribution >= 4 is 11.9 Å². The Morgan fingerprint density at radius 3 is 2.39 bits per heavy atom. The highest BCUT2D eigenvalue weighted by Crippen LogP contribution is 2.25. The molecule has 0 bridgehead atoms. The second-order valence-electron chi connectivity index (χ2n) is 4.54. The smallest absolute Gasteiger partial charge is 0.322 e. The second-order valence-corrected chi connectivity index (χ2v) is 4.54. The first-order valence-corrected chi connectivity index (χ1v) is 5.85. The Balaban J connectivity index is 2.34. The molecular weight excluding hydrogens is 232 g/mol. The number of benzene rings is 1. The molecule has 2 rings (SSSR count). The molecule has 1 atom stereocenters. The van der Waals surface area contributed by atoms with Crippen molar-refractivity contribution in [3.8, 4) is 0 Å². The van der Waals surface area contributed by atoms with Crippen molar-refractivity contribution in [2.24, 2.45) is 0 Å². The van der Waals surface area contributed by atoms with Crippen LogP contribution in [0.1, 0.15) is 19.4 Å². The lowest BCUT2D eigenvalue weighted by atomic mass is 9.91. The van der Waals surface area contributed by atoms with E-state index in [9.17, 15) is 9.59 Å². The maximum Gasteiger partial charge on any atom is 0.322 e. The van der Waals surface area contributed by atoms with E-state index >= 15 is 0 Å². The van der Waals surface area contributed by atoms with Crippen LogP contribution in [0.2, 0.25) is 0 Å². The summed E-state index contributed by atoms with van der Waals surface area (Å²) in [5.74, 6) is -0.376. The molecule has 1 aromatic rings. The number of nitrogens with one attached hydrogen (secondary N) is 2. The average molecular weight is 248 g/mol. The Kier molecular flexibility index (Phi) is 3.34. The van der Waals surface area contributed by atoms with E-state index in [-0.39, 0.29) is 18.6 Å². The molecule has 5 nitrogen and oxygen atoms in total. The highest BCUT2D eigenvalue weighted by Gasteiger charge is 2.48. The number of ether oxygens (including phenoxy) is 1. The monoisotopic (exact) mass is 248 g/mol. The summed E-state index contributed by atoms with van der Waals surface area (Å²) in [5.41, 5.74) is -0.406. The summed E-state index contributed by atoms with van der Waals surface area (Å²) < 4.78 is 5.53. The SMILES string of the molecule is CC(C)OCC1(c2ccccc2)NC(=O)NC1=O. The summed E-state index contributed by atoms with van der Waals surface area (Å²) in [7, 11) is 0. The van der Waals surface area contributed by atoms with Gasteiger partial charge in [-0.2, -0.15) is 0 Å². The quantitative estimate of drug-likeness (QED) is 0.785. The summed E-state index contributed by atoms with van der Waals surface area (Å²) >= 11 is 0. The zero-order valence-corrected chi connectivity index (χ0v) is 10.4. The van der Waals surface area contributed by atoms with Gasteiger partial charge in [0, 0.05) is 0 Å². The number of carbonyl (C=O) groups excluding carboxylic acids is 2. The van der Waals surface area contributed by atoms with Gasteiger partial charge in [0.1, 0.15) is 0 Å². The zero-order chi connectivity index (χ0) is 13.2. The van der Waals surface area contributed by atoms with E-state index in [1.807, 2.05) is 32.0 Å². The van der Waals surface area contributed by atoms with E-state index in [0.29, 0.717) is 5.56 Å². The molecule has 1 saturated heterocycles. The first-order chi connectivity index (χ1) is 8.54. The number of hydrogen-bond acceptors (Lipinski definition) is 3. The van der Waals surface area contributed by atoms with Gasteiger partial charge in [-0.25, -0.2) is 4.79 Å². The number of amides is 3. The van der Waals surface area contributed by atoms with Gasteiger partial charge in [0.15, 0.2) is 5.54 Å². The van der Waals surface area contributed by atoms with E-state index in [4.69, 9.17) is 4.74 Å². The van der Waals surface area contributed by atoms with E-state index in [1.54, 1.807) is 12.1 Å². The molecule has 1 aromatic carbocycles. The van der Waals surface area contributed by atoms with Crippen LogP contribution in [-0.4, -0.2) is 24.6 Å². The fraction of sp³-hybridized carbons (Fsp3) is 0.385. The van der Waals surface area contributed by atoms with Crippen molar-refractivity contribution in [1.82, 2.24) is 10.6 Å². The van der Waals surface area contributed by atoms with Crippen LogP contribution in [0.5, 0.6) is 0 Å². The van der Waals surface area contributed by atoms with Gasteiger partial charge < -0.3 is 10.1 Å². The molecule has 18 heavy (non-hydrogen) atoms. The van der Waals surface area contributed by atoms with Gasteiger partial charge in [0.2, 0.25) is 0 Å². The van der Waals surface area contributed by atoms with Crippen molar-refractivity contribution in [3.63, 3.8) is 0 Å². The second kappa shape index (κ2) is 4.78. The van der Waals surface area contributed by atoms with Crippen LogP contribution in [0.15, 0.2) is 30.3 Å². The third kappa shape index (κ3) is 2.22. The minimum Gasteiger partial charge on any atom is -0.375 e. The predicted octanol–water partition coefficient (Wildman–Crippen LogP) is 1.15. The lowest BCUT2D eigenvalue weighted by Gasteiger charge is -2.27. The molecule has 5 heteroatoms. The van der Waals surface area contributed by atoms with E-state index < -0.39 is 11.6 Å². The van der Waals surface area contributed by atoms with Gasteiger partial charge in [-0.05, 0) is 19.4 Å². The molecule has 96 valence electrons. The highest BCUT2D eigenvalue weighted by atomic mass is 16.5. The summed E-state index contributed by atoms with van der Waals surface area (Å²) in [4.78, 5) is 23.4. The minimum absolute atomic E-state index is 0.0177. The molecule has 2 N–H and O–H groups in total. The number of hydrogen-bond donors (Lipinski definition) is 2. The largest absolute Gasteiger partial charge is 0.375 e. The van der Waals surface area contributed by atoms with Crippen molar-refractivity contribution in [2.45, 2.75) is 25.5 Å². The van der Waals surface area contributed by atoms with Crippen LogP contribution in [0.4, 0.5) is 4.79 Å². The Morgan fingerprint density at radius 2 is 1.89 bits per heavy atom. The Hall–Kier alpha value is -1.88. The van der Waals surface area contributed by atoms with Crippen LogP contribution in [-0.2, 0) is 15.1 Å². The third-order valence-corrected chi connectivity index (χ3v) is 2.84. The Morgan fingerprint density at radius 1 is 1.22 bits per heavy atom. The zero-order valence-electron chi connectivity index (χ0n) is 10.4. The number of carbonyl (C=O) groups is 2. The molecule has 1 unspecified atom stereocenters. The fourth-order valence-corrected chi connectivity index (χ4v) is 1.89. The van der Waals surface area contributed by atoms with Gasteiger partial charge in [0.05, 0.1) is 12.7 Å². The van der Waals surface area contributed by atoms with Gasteiger partial charge >= 0.3 is 6.03 Å². The fourth-order valence-electron chi connectivity index (χ4n) is 1.89. The maximum atomic E-state index is 12.0. The van der Waals surface area contributed by atoms with Crippen molar-refractivity contribution in [3.05, 3.63) is 35.9 Å². The van der Waals surface area contributed by atoms with E-state index in [1.165, 1.54) is 0 Å². The maximum absolute atomic E-state index is 12.0. The summed E-state index contributed by atoms with van der Waals surface area (Å²) in [6, 6.07) is 8.61. The summed E-state index contributed by atoms with van der Waals surface area (Å²) in [6.45, 7) is 3.88. The van der Waals surface area contributed by atoms with Crippen LogP contribution in [0.25, 0.3) is 0 Å². The number of urea groups is 1. The van der Waals surface area contributed by atoms with Gasteiger partial charge in [-0.1, -0.05) is 30.3 Å².